The van der Waals surface area contributed by atoms with E-state index in [-0.39, 0.29) is 18.8 Å². The smallest absolute Gasteiger partial charge is 0.346 e. The lowest BCUT2D eigenvalue weighted by Crippen LogP contribution is -2.49. The standard InChI is InChI=1S/C22H23F3N6O/c1-13-7-19(30-27-11-13)28-18-10-16(14(2)12-26-18)15-8-20(29-21(32)9-15)31-6-4-3-5-17(31)22(23,24)25/h7-12,17H,3-6H2,1-2H3,(H,29,32)(H,26,28,30)/t17-/m1/s1. The third kappa shape index (κ3) is 4.74. The van der Waals surface area contributed by atoms with Gasteiger partial charge in [-0.05, 0) is 73.6 Å². The Bertz CT molecular complexity index is 1180. The zero-order valence-corrected chi connectivity index (χ0v) is 17.7. The third-order valence-corrected chi connectivity index (χ3v) is 5.48. The molecule has 1 aliphatic heterocycles. The van der Waals surface area contributed by atoms with Crippen molar-refractivity contribution < 1.29 is 13.2 Å². The lowest BCUT2D eigenvalue weighted by atomic mass is 10.00. The molecule has 0 aromatic carbocycles. The van der Waals surface area contributed by atoms with Gasteiger partial charge in [-0.15, -0.1) is 5.10 Å². The molecule has 2 N–H and O–H groups in total. The molecule has 7 nitrogen and oxygen atoms in total. The molecule has 32 heavy (non-hydrogen) atoms. The number of aromatic nitrogens is 4. The third-order valence-electron chi connectivity index (χ3n) is 5.48. The Morgan fingerprint density at radius 2 is 1.91 bits per heavy atom. The van der Waals surface area contributed by atoms with E-state index in [1.807, 2.05) is 19.9 Å². The van der Waals surface area contributed by atoms with Crippen LogP contribution >= 0.6 is 0 Å². The Balaban J connectivity index is 1.71. The van der Waals surface area contributed by atoms with E-state index in [2.05, 4.69) is 25.5 Å². The first-order valence-corrected chi connectivity index (χ1v) is 10.3. The Kier molecular flexibility index (Phi) is 5.86. The van der Waals surface area contributed by atoms with E-state index in [0.717, 1.165) is 11.1 Å². The molecule has 4 rings (SSSR count). The van der Waals surface area contributed by atoms with Gasteiger partial charge in [0.1, 0.15) is 17.7 Å². The second-order valence-electron chi connectivity index (χ2n) is 7.99. The number of H-pyrrole nitrogens is 1. The van der Waals surface area contributed by atoms with Crippen LogP contribution in [0, 0.1) is 13.8 Å². The van der Waals surface area contributed by atoms with Crippen molar-refractivity contribution in [1.82, 2.24) is 20.2 Å². The van der Waals surface area contributed by atoms with Gasteiger partial charge < -0.3 is 15.2 Å². The molecule has 168 valence electrons. The zero-order valence-electron chi connectivity index (χ0n) is 17.7. The largest absolute Gasteiger partial charge is 0.408 e. The topological polar surface area (TPSA) is 86.8 Å². The molecule has 10 heteroatoms. The first-order chi connectivity index (χ1) is 15.2. The van der Waals surface area contributed by atoms with Crippen LogP contribution in [0.15, 0.2) is 41.5 Å². The lowest BCUT2D eigenvalue weighted by molar-refractivity contribution is -0.152. The van der Waals surface area contributed by atoms with Crippen molar-refractivity contribution in [3.8, 4) is 11.1 Å². The van der Waals surface area contributed by atoms with Gasteiger partial charge in [-0.25, -0.2) is 4.98 Å². The molecule has 0 saturated carbocycles. The average Bonchev–Trinajstić information content (AvgIpc) is 2.74. The van der Waals surface area contributed by atoms with Crippen LogP contribution in [0.3, 0.4) is 0 Å². The van der Waals surface area contributed by atoms with Gasteiger partial charge in [-0.1, -0.05) is 0 Å². The van der Waals surface area contributed by atoms with Crippen molar-refractivity contribution in [2.24, 2.45) is 0 Å². The van der Waals surface area contributed by atoms with E-state index >= 15 is 0 Å². The molecule has 3 aromatic heterocycles. The molecule has 0 bridgehead atoms. The monoisotopic (exact) mass is 444 g/mol. The van der Waals surface area contributed by atoms with E-state index < -0.39 is 17.8 Å². The van der Waals surface area contributed by atoms with Crippen LogP contribution < -0.4 is 15.8 Å². The second-order valence-corrected chi connectivity index (χ2v) is 7.99. The van der Waals surface area contributed by atoms with Crippen molar-refractivity contribution in [1.29, 1.82) is 0 Å². The molecular weight excluding hydrogens is 421 g/mol. The summed E-state index contributed by atoms with van der Waals surface area (Å²) in [7, 11) is 0. The van der Waals surface area contributed by atoms with Gasteiger partial charge in [0, 0.05) is 18.8 Å². The highest BCUT2D eigenvalue weighted by Crippen LogP contribution is 2.35. The molecule has 0 spiro atoms. The summed E-state index contributed by atoms with van der Waals surface area (Å²) < 4.78 is 40.8. The summed E-state index contributed by atoms with van der Waals surface area (Å²) in [5.74, 6) is 1.17. The van der Waals surface area contributed by atoms with Crippen molar-refractivity contribution in [3.05, 3.63) is 58.1 Å². The summed E-state index contributed by atoms with van der Waals surface area (Å²) >= 11 is 0. The summed E-state index contributed by atoms with van der Waals surface area (Å²) in [4.78, 5) is 20.6. The number of aromatic amines is 1. The van der Waals surface area contributed by atoms with E-state index in [0.29, 0.717) is 35.6 Å². The SMILES string of the molecule is Cc1cnnc(Nc2cc(-c3cc(N4CCCC[C@@H]4C(F)(F)F)[nH]c(=O)c3)c(C)cn2)c1. The van der Waals surface area contributed by atoms with Crippen LogP contribution in [0.5, 0.6) is 0 Å². The second kappa shape index (κ2) is 8.60. The summed E-state index contributed by atoms with van der Waals surface area (Å²) in [6, 6.07) is 4.93. The molecule has 0 unspecified atom stereocenters. The molecule has 0 aliphatic carbocycles. The van der Waals surface area contributed by atoms with E-state index in [9.17, 15) is 18.0 Å². The van der Waals surface area contributed by atoms with Gasteiger partial charge >= 0.3 is 6.18 Å². The minimum atomic E-state index is -4.37. The minimum Gasteiger partial charge on any atom is -0.346 e. The van der Waals surface area contributed by atoms with Gasteiger partial charge in [-0.2, -0.15) is 18.3 Å². The van der Waals surface area contributed by atoms with Crippen LogP contribution in [0.2, 0.25) is 0 Å². The molecule has 4 heterocycles. The molecule has 1 saturated heterocycles. The van der Waals surface area contributed by atoms with Gasteiger partial charge in [0.15, 0.2) is 5.82 Å². The average molecular weight is 444 g/mol. The molecule has 1 aliphatic rings. The van der Waals surface area contributed by atoms with Gasteiger partial charge in [-0.3, -0.25) is 4.79 Å². The van der Waals surface area contributed by atoms with Crippen molar-refractivity contribution >= 4 is 17.5 Å². The van der Waals surface area contributed by atoms with Crippen molar-refractivity contribution in [2.45, 2.75) is 45.3 Å². The first kappa shape index (κ1) is 21.8. The van der Waals surface area contributed by atoms with Crippen LogP contribution in [0.4, 0.5) is 30.6 Å². The Labute approximate surface area is 182 Å². The molecule has 0 amide bonds. The predicted molar refractivity (Wildman–Crippen MR) is 116 cm³/mol. The fraction of sp³-hybridized carbons (Fsp3) is 0.364. The summed E-state index contributed by atoms with van der Waals surface area (Å²) in [6.45, 7) is 3.96. The summed E-state index contributed by atoms with van der Waals surface area (Å²) in [5, 5.41) is 11.0. The van der Waals surface area contributed by atoms with E-state index in [1.54, 1.807) is 24.5 Å². The van der Waals surface area contributed by atoms with Crippen LogP contribution in [0.1, 0.15) is 30.4 Å². The number of alkyl halides is 3. The maximum absolute atomic E-state index is 13.6. The lowest BCUT2D eigenvalue weighted by Gasteiger charge is -2.38. The highest BCUT2D eigenvalue weighted by Gasteiger charge is 2.45. The maximum Gasteiger partial charge on any atom is 0.408 e. The van der Waals surface area contributed by atoms with Gasteiger partial charge in [0.25, 0.3) is 0 Å². The summed E-state index contributed by atoms with van der Waals surface area (Å²) in [5.41, 5.74) is 2.46. The number of hydrogen-bond acceptors (Lipinski definition) is 6. The predicted octanol–water partition coefficient (Wildman–Crippen LogP) is 4.51. The van der Waals surface area contributed by atoms with Crippen LogP contribution in [-0.4, -0.2) is 38.9 Å². The fourth-order valence-electron chi connectivity index (χ4n) is 3.96. The van der Waals surface area contributed by atoms with Crippen LogP contribution in [-0.2, 0) is 0 Å². The molecular formula is C22H23F3N6O. The van der Waals surface area contributed by atoms with E-state index in [4.69, 9.17) is 0 Å². The quantitative estimate of drug-likeness (QED) is 0.616. The Morgan fingerprint density at radius 1 is 1.09 bits per heavy atom. The number of nitrogens with one attached hydrogen (secondary N) is 2. The number of hydrogen-bond donors (Lipinski definition) is 2. The highest BCUT2D eigenvalue weighted by atomic mass is 19.4. The van der Waals surface area contributed by atoms with E-state index in [1.165, 1.54) is 11.0 Å². The highest BCUT2D eigenvalue weighted by molar-refractivity contribution is 5.73. The number of piperidine rings is 1. The van der Waals surface area contributed by atoms with Crippen molar-refractivity contribution in [2.75, 3.05) is 16.8 Å². The van der Waals surface area contributed by atoms with Gasteiger partial charge in [0.2, 0.25) is 5.56 Å². The van der Waals surface area contributed by atoms with Crippen molar-refractivity contribution in [3.63, 3.8) is 0 Å². The number of halogens is 3. The number of rotatable bonds is 4. The number of anilines is 3. The molecule has 1 fully saturated rings. The number of pyridine rings is 2. The normalized spacial score (nSPS) is 16.8. The fourth-order valence-corrected chi connectivity index (χ4v) is 3.96. The Morgan fingerprint density at radius 3 is 2.66 bits per heavy atom. The molecule has 1 atom stereocenters. The summed E-state index contributed by atoms with van der Waals surface area (Å²) in [6.07, 6.45) is 0.0536. The number of nitrogens with zero attached hydrogens (tertiary/aromatic N) is 4. The maximum atomic E-state index is 13.6. The molecule has 3 aromatic rings. The number of aryl methyl sites for hydroxylation is 2. The minimum absolute atomic E-state index is 0.00956. The van der Waals surface area contributed by atoms with Gasteiger partial charge in [0.05, 0.1) is 6.20 Å². The first-order valence-electron chi connectivity index (χ1n) is 10.3. The Hall–Kier alpha value is -3.43. The van der Waals surface area contributed by atoms with Crippen LogP contribution in [0.25, 0.3) is 11.1 Å². The zero-order chi connectivity index (χ0) is 22.9. The molecule has 0 radical (unpaired) electrons.